The van der Waals surface area contributed by atoms with Crippen LogP contribution in [0.15, 0.2) is 42.5 Å². The fourth-order valence-corrected chi connectivity index (χ4v) is 5.41. The third-order valence-corrected chi connectivity index (χ3v) is 6.57. The minimum absolute atomic E-state index is 0.199. The highest BCUT2D eigenvalue weighted by Crippen LogP contribution is 2.42. The number of amides is 1. The van der Waals surface area contributed by atoms with Gasteiger partial charge in [0.25, 0.3) is 0 Å². The summed E-state index contributed by atoms with van der Waals surface area (Å²) in [6.45, 7) is 9.57. The molecule has 1 N–H and O–H groups in total. The summed E-state index contributed by atoms with van der Waals surface area (Å²) in [5.41, 5.74) is 4.61. The zero-order chi connectivity index (χ0) is 23.8. The van der Waals surface area contributed by atoms with Crippen LogP contribution in [0.2, 0.25) is 0 Å². The summed E-state index contributed by atoms with van der Waals surface area (Å²) < 4.78 is 11.2. The summed E-state index contributed by atoms with van der Waals surface area (Å²) in [6, 6.07) is 13.9. The van der Waals surface area contributed by atoms with Crippen LogP contribution >= 0.6 is 0 Å². The maximum absolute atomic E-state index is 13.7. The van der Waals surface area contributed by atoms with Crippen molar-refractivity contribution in [3.05, 3.63) is 59.3 Å². The first-order valence-electron chi connectivity index (χ1n) is 11.8. The molecule has 1 aliphatic heterocycles. The monoisotopic (exact) mass is 448 g/mol. The molecule has 0 radical (unpaired) electrons. The number of para-hydroxylation sites is 1. The number of ether oxygens (including phenoxy) is 2. The molecule has 4 rings (SSSR count). The Balaban J connectivity index is 1.78. The van der Waals surface area contributed by atoms with Crippen molar-refractivity contribution in [2.75, 3.05) is 20.8 Å². The number of carbonyl (C=O) groups is 1. The predicted molar refractivity (Wildman–Crippen MR) is 133 cm³/mol. The largest absolute Gasteiger partial charge is 0.497 e. The van der Waals surface area contributed by atoms with Crippen molar-refractivity contribution in [1.29, 1.82) is 0 Å². The van der Waals surface area contributed by atoms with Crippen LogP contribution in [0.4, 0.5) is 0 Å². The molecule has 5 heteroatoms. The third kappa shape index (κ3) is 4.73. The Bertz CT molecular complexity index is 1140. The summed E-state index contributed by atoms with van der Waals surface area (Å²) in [5, 5.41) is 1.16. The first-order chi connectivity index (χ1) is 15.7. The predicted octanol–water partition coefficient (Wildman–Crippen LogP) is 6.12. The normalized spacial score (nSPS) is 17.0. The van der Waals surface area contributed by atoms with Crippen molar-refractivity contribution in [1.82, 2.24) is 9.88 Å². The highest BCUT2D eigenvalue weighted by Gasteiger charge is 2.36. The molecule has 1 aliphatic rings. The number of nitrogens with one attached hydrogen (secondary N) is 1. The van der Waals surface area contributed by atoms with E-state index in [2.05, 4.69) is 50.9 Å². The first-order valence-corrected chi connectivity index (χ1v) is 11.8. The van der Waals surface area contributed by atoms with Gasteiger partial charge in [0.05, 0.1) is 14.2 Å². The number of hydrogen-bond acceptors (Lipinski definition) is 3. The maximum Gasteiger partial charge on any atom is 0.223 e. The number of benzene rings is 2. The summed E-state index contributed by atoms with van der Waals surface area (Å²) in [4.78, 5) is 19.3. The molecule has 2 heterocycles. The van der Waals surface area contributed by atoms with Gasteiger partial charge in [-0.15, -0.1) is 0 Å². The van der Waals surface area contributed by atoms with Crippen LogP contribution < -0.4 is 9.47 Å². The van der Waals surface area contributed by atoms with E-state index < -0.39 is 0 Å². The second kappa shape index (κ2) is 9.12. The van der Waals surface area contributed by atoms with E-state index in [4.69, 9.17) is 9.47 Å². The molecule has 0 unspecified atom stereocenters. The average molecular weight is 449 g/mol. The van der Waals surface area contributed by atoms with Crippen LogP contribution in [0.25, 0.3) is 10.9 Å². The molecular weight excluding hydrogens is 412 g/mol. The molecule has 0 saturated heterocycles. The zero-order valence-corrected chi connectivity index (χ0v) is 20.7. The lowest BCUT2D eigenvalue weighted by molar-refractivity contribution is -0.134. The van der Waals surface area contributed by atoms with Gasteiger partial charge in [0.2, 0.25) is 5.91 Å². The summed E-state index contributed by atoms with van der Waals surface area (Å²) in [7, 11) is 3.38. The van der Waals surface area contributed by atoms with Crippen molar-refractivity contribution in [3.63, 3.8) is 0 Å². The number of rotatable bonds is 6. The Labute approximate surface area is 197 Å². The molecule has 0 bridgehead atoms. The second-order valence-electron chi connectivity index (χ2n) is 10.5. The van der Waals surface area contributed by atoms with Gasteiger partial charge in [-0.3, -0.25) is 4.79 Å². The molecule has 2 aromatic carbocycles. The van der Waals surface area contributed by atoms with E-state index in [1.807, 2.05) is 29.2 Å². The van der Waals surface area contributed by atoms with E-state index in [1.165, 1.54) is 5.56 Å². The number of methoxy groups -OCH3 is 2. The Morgan fingerprint density at radius 1 is 1.15 bits per heavy atom. The highest BCUT2D eigenvalue weighted by molar-refractivity contribution is 5.88. The molecule has 1 aromatic heterocycles. The van der Waals surface area contributed by atoms with Crippen molar-refractivity contribution < 1.29 is 14.3 Å². The van der Waals surface area contributed by atoms with Crippen LogP contribution in [-0.2, 0) is 11.2 Å². The highest BCUT2D eigenvalue weighted by atomic mass is 16.5. The number of aromatic amines is 1. The topological polar surface area (TPSA) is 54.6 Å². The summed E-state index contributed by atoms with van der Waals surface area (Å²) in [6.07, 6.45) is 2.38. The van der Waals surface area contributed by atoms with E-state index in [0.29, 0.717) is 18.9 Å². The minimum Gasteiger partial charge on any atom is -0.497 e. The molecule has 1 amide bonds. The van der Waals surface area contributed by atoms with Gasteiger partial charge < -0.3 is 19.4 Å². The van der Waals surface area contributed by atoms with Gasteiger partial charge in [0.1, 0.15) is 17.5 Å². The lowest BCUT2D eigenvalue weighted by Crippen LogP contribution is -2.41. The number of nitrogens with zero attached hydrogens (tertiary/aromatic N) is 1. The van der Waals surface area contributed by atoms with Crippen LogP contribution in [0, 0.1) is 11.3 Å². The van der Waals surface area contributed by atoms with Crippen molar-refractivity contribution >= 4 is 16.8 Å². The van der Waals surface area contributed by atoms with Gasteiger partial charge >= 0.3 is 0 Å². The molecule has 2 atom stereocenters. The van der Waals surface area contributed by atoms with E-state index in [9.17, 15) is 4.79 Å². The molecule has 33 heavy (non-hydrogen) atoms. The molecule has 0 spiro atoms. The zero-order valence-electron chi connectivity index (χ0n) is 20.7. The van der Waals surface area contributed by atoms with Crippen molar-refractivity contribution in [3.8, 4) is 11.5 Å². The average Bonchev–Trinajstić information content (AvgIpc) is 3.14. The van der Waals surface area contributed by atoms with Gasteiger partial charge in [-0.2, -0.15) is 0 Å². The number of H-pyrrole nitrogens is 1. The quantitative estimate of drug-likeness (QED) is 0.494. The van der Waals surface area contributed by atoms with Gasteiger partial charge in [0, 0.05) is 35.1 Å². The van der Waals surface area contributed by atoms with Crippen LogP contribution in [0.1, 0.15) is 63.4 Å². The molecule has 5 nitrogen and oxygen atoms in total. The standard InChI is InChI=1S/C28H36N2O3/c1-18(17-28(2,3)4)15-25(31)30-14-13-20-22-16-19(32-5)11-12-23(22)29-26(20)27(30)21-9-7-8-10-24(21)33-6/h7-12,16,18,27,29H,13-15,17H2,1-6H3/t18-,27+/m1/s1. The molecule has 176 valence electrons. The minimum atomic E-state index is -0.211. The fourth-order valence-electron chi connectivity index (χ4n) is 5.41. The second-order valence-corrected chi connectivity index (χ2v) is 10.5. The lowest BCUT2D eigenvalue weighted by atomic mass is 9.83. The SMILES string of the molecule is COc1ccc2[nH]c3c(c2c1)CCN(C(=O)C[C@@H](C)CC(C)(C)C)[C@H]3c1ccccc1OC. The maximum atomic E-state index is 13.7. The van der Waals surface area contributed by atoms with Gasteiger partial charge in [-0.05, 0) is 54.0 Å². The molecule has 0 saturated carbocycles. The number of aromatic nitrogens is 1. The summed E-state index contributed by atoms with van der Waals surface area (Å²) in [5.74, 6) is 2.16. The Morgan fingerprint density at radius 2 is 1.91 bits per heavy atom. The van der Waals surface area contributed by atoms with E-state index >= 15 is 0 Å². The van der Waals surface area contributed by atoms with Crippen LogP contribution in [0.3, 0.4) is 0 Å². The number of hydrogen-bond donors (Lipinski definition) is 1. The van der Waals surface area contributed by atoms with Crippen LogP contribution in [0.5, 0.6) is 11.5 Å². The van der Waals surface area contributed by atoms with Gasteiger partial charge in [-0.25, -0.2) is 0 Å². The smallest absolute Gasteiger partial charge is 0.223 e. The lowest BCUT2D eigenvalue weighted by Gasteiger charge is -2.37. The number of fused-ring (bicyclic) bond motifs is 3. The van der Waals surface area contributed by atoms with E-state index in [1.54, 1.807) is 14.2 Å². The van der Waals surface area contributed by atoms with E-state index in [-0.39, 0.29) is 17.4 Å². The molecule has 0 aliphatic carbocycles. The summed E-state index contributed by atoms with van der Waals surface area (Å²) >= 11 is 0. The van der Waals surface area contributed by atoms with Gasteiger partial charge in [-0.1, -0.05) is 45.9 Å². The Hall–Kier alpha value is -2.95. The molecular formula is C28H36N2O3. The molecule has 3 aromatic rings. The van der Waals surface area contributed by atoms with Gasteiger partial charge in [0.15, 0.2) is 0 Å². The fraction of sp³-hybridized carbons (Fsp3) is 0.464. The Morgan fingerprint density at radius 3 is 2.61 bits per heavy atom. The van der Waals surface area contributed by atoms with E-state index in [0.717, 1.165) is 46.5 Å². The first kappa shape index (κ1) is 23.2. The van der Waals surface area contributed by atoms with Crippen LogP contribution in [-0.4, -0.2) is 36.6 Å². The Kier molecular flexibility index (Phi) is 6.42. The van der Waals surface area contributed by atoms with Crippen molar-refractivity contribution in [2.24, 2.45) is 11.3 Å². The third-order valence-electron chi connectivity index (χ3n) is 6.57. The molecule has 0 fully saturated rings. The van der Waals surface area contributed by atoms with Crippen molar-refractivity contribution in [2.45, 2.75) is 53.0 Å². The number of carbonyl (C=O) groups excluding carboxylic acids is 1.